The van der Waals surface area contributed by atoms with Gasteiger partial charge in [-0.05, 0) is 43.4 Å². The lowest BCUT2D eigenvalue weighted by Crippen LogP contribution is -2.54. The predicted molar refractivity (Wildman–Crippen MR) is 196 cm³/mol. The number of hydrogen-bond donors (Lipinski definition) is 6. The molecule has 299 valence electrons. The molecule has 1 heterocycles. The summed E-state index contributed by atoms with van der Waals surface area (Å²) in [5.74, 6) is -2.79. The SMILES string of the molecule is [CH2]c1ccc(NC(=O)[C@H](CCCNC(N)=O)NC(=O)[C@@H](NC(=O)CCOCCOCCOCCOCCNC(=O)CCN2C(=O)C=CC2=O)C(C)C)cc1. The third kappa shape index (κ3) is 19.2. The van der Waals surface area contributed by atoms with Crippen LogP contribution in [0, 0.1) is 12.8 Å². The highest BCUT2D eigenvalue weighted by Gasteiger charge is 2.29. The van der Waals surface area contributed by atoms with Crippen LogP contribution in [-0.4, -0.2) is 131 Å². The summed E-state index contributed by atoms with van der Waals surface area (Å²) in [7, 11) is 0. The van der Waals surface area contributed by atoms with E-state index < -0.39 is 47.7 Å². The molecule has 54 heavy (non-hydrogen) atoms. The maximum absolute atomic E-state index is 13.3. The number of carbonyl (C=O) groups excluding carboxylic acids is 7. The Hall–Kier alpha value is -4.91. The minimum Gasteiger partial charge on any atom is -0.379 e. The Morgan fingerprint density at radius 2 is 1.30 bits per heavy atom. The quantitative estimate of drug-likeness (QED) is 0.0481. The van der Waals surface area contributed by atoms with Gasteiger partial charge < -0.3 is 51.3 Å². The smallest absolute Gasteiger partial charge is 0.312 e. The van der Waals surface area contributed by atoms with Gasteiger partial charge in [0.1, 0.15) is 12.1 Å². The highest BCUT2D eigenvalue weighted by molar-refractivity contribution is 6.13. The topological polar surface area (TPSA) is 246 Å². The Morgan fingerprint density at radius 3 is 1.87 bits per heavy atom. The normalized spacial score (nSPS) is 13.4. The molecule has 7 N–H and O–H groups in total. The van der Waals surface area contributed by atoms with E-state index in [0.717, 1.165) is 10.5 Å². The van der Waals surface area contributed by atoms with Crippen LogP contribution in [0.3, 0.4) is 0 Å². The fourth-order valence-electron chi connectivity index (χ4n) is 4.79. The molecule has 0 saturated carbocycles. The fourth-order valence-corrected chi connectivity index (χ4v) is 4.79. The average Bonchev–Trinajstić information content (AvgIpc) is 3.45. The number of urea groups is 1. The summed E-state index contributed by atoms with van der Waals surface area (Å²) in [5, 5.41) is 13.4. The standard InChI is InChI=1S/C36H54N7O11/c1-25(2)33(35(49)41-28(5-4-14-39-36(37)50)34(48)40-27-8-6-26(3)7-9-27)42-30(45)13-17-51-19-21-53-23-24-54-22-20-52-18-15-38-29(44)12-16-43-31(46)10-11-32(43)47/h6-11,25,28,33H,3-5,12-24H2,1-2H3,(H,38,44)(H,40,48)(H,41,49)(H,42,45)(H3,37,39,50)/t28-,33-/m0/s1. The molecule has 18 nitrogen and oxygen atoms in total. The molecule has 0 aliphatic carbocycles. The van der Waals surface area contributed by atoms with Gasteiger partial charge >= 0.3 is 6.03 Å². The van der Waals surface area contributed by atoms with E-state index in [9.17, 15) is 33.6 Å². The number of primary amides is 1. The first kappa shape index (κ1) is 45.2. The average molecular weight is 761 g/mol. The highest BCUT2D eigenvalue weighted by atomic mass is 16.6. The number of anilines is 1. The molecular formula is C36H54N7O11. The number of imide groups is 1. The van der Waals surface area contributed by atoms with E-state index >= 15 is 0 Å². The molecule has 1 aromatic carbocycles. The fraction of sp³-hybridized carbons (Fsp3) is 0.556. The lowest BCUT2D eigenvalue weighted by molar-refractivity contribution is -0.137. The van der Waals surface area contributed by atoms with E-state index in [2.05, 4.69) is 33.5 Å². The van der Waals surface area contributed by atoms with Crippen LogP contribution in [0.5, 0.6) is 0 Å². The minimum absolute atomic E-state index is 0.00656. The van der Waals surface area contributed by atoms with Crippen molar-refractivity contribution in [2.75, 3.05) is 77.8 Å². The van der Waals surface area contributed by atoms with Crippen LogP contribution in [0.2, 0.25) is 0 Å². The van der Waals surface area contributed by atoms with Crippen LogP contribution >= 0.6 is 0 Å². The van der Waals surface area contributed by atoms with E-state index in [1.807, 2.05) is 0 Å². The second-order valence-corrected chi connectivity index (χ2v) is 12.4. The molecule has 0 aromatic heterocycles. The number of ether oxygens (including phenoxy) is 4. The molecular weight excluding hydrogens is 706 g/mol. The number of carbonyl (C=O) groups is 7. The van der Waals surface area contributed by atoms with Gasteiger partial charge in [0.2, 0.25) is 23.6 Å². The van der Waals surface area contributed by atoms with Crippen molar-refractivity contribution in [3.63, 3.8) is 0 Å². The van der Waals surface area contributed by atoms with E-state index in [4.69, 9.17) is 24.7 Å². The summed E-state index contributed by atoms with van der Waals surface area (Å²) in [6.07, 6.45) is 2.94. The van der Waals surface area contributed by atoms with Crippen LogP contribution in [-0.2, 0) is 47.7 Å². The van der Waals surface area contributed by atoms with E-state index in [1.54, 1.807) is 38.1 Å². The van der Waals surface area contributed by atoms with Crippen molar-refractivity contribution in [2.24, 2.45) is 11.7 Å². The van der Waals surface area contributed by atoms with Crippen LogP contribution in [0.4, 0.5) is 10.5 Å². The molecule has 1 aliphatic heterocycles. The van der Waals surface area contributed by atoms with Gasteiger partial charge in [0.25, 0.3) is 11.8 Å². The molecule has 1 aliphatic rings. The lowest BCUT2D eigenvalue weighted by atomic mass is 10.0. The van der Waals surface area contributed by atoms with Crippen LogP contribution < -0.4 is 32.3 Å². The maximum Gasteiger partial charge on any atom is 0.312 e. The first-order valence-electron chi connectivity index (χ1n) is 17.8. The summed E-state index contributed by atoms with van der Waals surface area (Å²) in [6.45, 7) is 10.1. The Kier molecular flexibility index (Phi) is 21.8. The van der Waals surface area contributed by atoms with Crippen LogP contribution in [0.25, 0.3) is 0 Å². The monoisotopic (exact) mass is 760 g/mol. The van der Waals surface area contributed by atoms with E-state index in [0.29, 0.717) is 38.5 Å². The second-order valence-electron chi connectivity index (χ2n) is 12.4. The predicted octanol–water partition coefficient (Wildman–Crippen LogP) is -0.231. The zero-order chi connectivity index (χ0) is 39.7. The van der Waals surface area contributed by atoms with Crippen molar-refractivity contribution in [1.29, 1.82) is 0 Å². The number of nitrogens with two attached hydrogens (primary N) is 1. The molecule has 8 amide bonds. The number of nitrogens with zero attached hydrogens (tertiary/aromatic N) is 1. The number of rotatable bonds is 28. The second kappa shape index (κ2) is 26.0. The van der Waals surface area contributed by atoms with Crippen LogP contribution in [0.15, 0.2) is 36.4 Å². The number of hydrogen-bond acceptors (Lipinski definition) is 11. The van der Waals surface area contributed by atoms with Gasteiger partial charge in [-0.25, -0.2) is 4.79 Å². The third-order valence-electron chi connectivity index (χ3n) is 7.71. The Bertz CT molecular complexity index is 1390. The summed E-state index contributed by atoms with van der Waals surface area (Å²) in [4.78, 5) is 85.9. The Morgan fingerprint density at radius 1 is 0.722 bits per heavy atom. The van der Waals surface area contributed by atoms with Gasteiger partial charge in [0, 0.05) is 50.3 Å². The zero-order valence-corrected chi connectivity index (χ0v) is 31.0. The first-order valence-corrected chi connectivity index (χ1v) is 17.8. The summed E-state index contributed by atoms with van der Waals surface area (Å²) in [5.41, 5.74) is 6.42. The lowest BCUT2D eigenvalue weighted by Gasteiger charge is -2.25. The largest absolute Gasteiger partial charge is 0.379 e. The van der Waals surface area contributed by atoms with E-state index in [-0.39, 0.29) is 77.1 Å². The molecule has 0 unspecified atom stereocenters. The van der Waals surface area contributed by atoms with Gasteiger partial charge in [-0.3, -0.25) is 33.7 Å². The summed E-state index contributed by atoms with van der Waals surface area (Å²) in [6, 6.07) is 4.31. The first-order chi connectivity index (χ1) is 25.9. The molecule has 18 heteroatoms. The van der Waals surface area contributed by atoms with Gasteiger partial charge in [-0.2, -0.15) is 0 Å². The summed E-state index contributed by atoms with van der Waals surface area (Å²) >= 11 is 0. The Labute approximate surface area is 315 Å². The maximum atomic E-state index is 13.3. The van der Waals surface area contributed by atoms with Crippen molar-refractivity contribution in [3.05, 3.63) is 48.9 Å². The molecule has 0 spiro atoms. The Balaban J connectivity index is 1.55. The number of amides is 8. The highest BCUT2D eigenvalue weighted by Crippen LogP contribution is 2.11. The van der Waals surface area contributed by atoms with Crippen molar-refractivity contribution >= 4 is 47.2 Å². The molecule has 1 radical (unpaired) electrons. The molecule has 0 fully saturated rings. The molecule has 2 rings (SSSR count). The molecule has 0 saturated heterocycles. The van der Waals surface area contributed by atoms with Crippen molar-refractivity contribution < 1.29 is 52.5 Å². The van der Waals surface area contributed by atoms with Gasteiger partial charge in [-0.15, -0.1) is 0 Å². The van der Waals surface area contributed by atoms with Crippen LogP contribution in [0.1, 0.15) is 45.1 Å². The van der Waals surface area contributed by atoms with Crippen molar-refractivity contribution in [3.8, 4) is 0 Å². The number of nitrogens with one attached hydrogen (secondary N) is 5. The number of benzene rings is 1. The van der Waals surface area contributed by atoms with Gasteiger partial charge in [0.05, 0.1) is 52.9 Å². The van der Waals surface area contributed by atoms with Gasteiger partial charge in [0.15, 0.2) is 0 Å². The molecule has 0 bridgehead atoms. The van der Waals surface area contributed by atoms with Crippen molar-refractivity contribution in [1.82, 2.24) is 26.2 Å². The van der Waals surface area contributed by atoms with E-state index in [1.165, 1.54) is 12.2 Å². The van der Waals surface area contributed by atoms with Gasteiger partial charge in [-0.1, -0.05) is 26.0 Å². The minimum atomic E-state index is -0.947. The molecule has 2 atom stereocenters. The zero-order valence-electron chi connectivity index (χ0n) is 31.0. The van der Waals surface area contributed by atoms with Crippen molar-refractivity contribution in [2.45, 2.75) is 51.6 Å². The molecule has 1 aromatic rings. The third-order valence-corrected chi connectivity index (χ3v) is 7.71. The summed E-state index contributed by atoms with van der Waals surface area (Å²) < 4.78 is 21.8.